The number of aryl methyl sites for hydroxylation is 1. The zero-order valence-corrected chi connectivity index (χ0v) is 12.7. The first-order valence-corrected chi connectivity index (χ1v) is 7.29. The van der Waals surface area contributed by atoms with Crippen LogP contribution in [-0.2, 0) is 6.42 Å². The zero-order chi connectivity index (χ0) is 13.7. The number of carbonyl (C=O) groups is 1. The molecule has 0 fully saturated rings. The summed E-state index contributed by atoms with van der Waals surface area (Å²) in [5.74, 6) is 0.136. The third kappa shape index (κ3) is 3.82. The van der Waals surface area contributed by atoms with Crippen molar-refractivity contribution in [3.63, 3.8) is 0 Å². The molecule has 0 radical (unpaired) electrons. The van der Waals surface area contributed by atoms with Crippen LogP contribution in [0.5, 0.6) is 0 Å². The van der Waals surface area contributed by atoms with Crippen LogP contribution in [-0.4, -0.2) is 11.2 Å². The fourth-order valence-electron chi connectivity index (χ4n) is 1.94. The number of rotatable bonds is 5. The fourth-order valence-corrected chi connectivity index (χ4v) is 2.59. The zero-order valence-electron chi connectivity index (χ0n) is 10.3. The molecule has 2 rings (SSSR count). The molecule has 0 aliphatic carbocycles. The molecule has 0 heterocycles. The van der Waals surface area contributed by atoms with Gasteiger partial charge in [-0.25, -0.2) is 0 Å². The molecular formula is C16H13BrOS. The first-order chi connectivity index (χ1) is 9.20. The molecule has 1 nitrogen and oxygen atoms in total. The van der Waals surface area contributed by atoms with Crippen molar-refractivity contribution in [2.75, 3.05) is 0 Å². The molecule has 2 aromatic rings. The van der Waals surface area contributed by atoms with Crippen LogP contribution in [0.1, 0.15) is 27.9 Å². The van der Waals surface area contributed by atoms with E-state index in [1.54, 1.807) is 5.37 Å². The lowest BCUT2D eigenvalue weighted by Gasteiger charge is -2.05. The molecule has 0 saturated carbocycles. The summed E-state index contributed by atoms with van der Waals surface area (Å²) in [6, 6.07) is 15.5. The van der Waals surface area contributed by atoms with Gasteiger partial charge in [0.25, 0.3) is 0 Å². The van der Waals surface area contributed by atoms with E-state index < -0.39 is 0 Å². The highest BCUT2D eigenvalue weighted by atomic mass is 79.9. The first kappa shape index (κ1) is 14.1. The maximum Gasteiger partial charge on any atom is 0.163 e. The standard InChI is InChI=1S/C16H13BrOS/c17-14-6-3-4-12(10-14)8-9-16(18)15-7-2-1-5-13(15)11-19/h1-7,10-11H,8-9H2. The van der Waals surface area contributed by atoms with Crippen LogP contribution in [0.25, 0.3) is 0 Å². The number of hydrogen-bond donors (Lipinski definition) is 0. The van der Waals surface area contributed by atoms with Gasteiger partial charge in [0.05, 0.1) is 0 Å². The molecule has 0 amide bonds. The Bertz CT molecular complexity index is 607. The Kier molecular flexibility index (Phi) is 5.00. The maximum atomic E-state index is 12.2. The Morgan fingerprint density at radius 1 is 1.16 bits per heavy atom. The molecule has 0 aliphatic heterocycles. The Labute approximate surface area is 126 Å². The lowest BCUT2D eigenvalue weighted by molar-refractivity contribution is 0.0983. The molecular weight excluding hydrogens is 320 g/mol. The molecule has 2 aromatic carbocycles. The van der Waals surface area contributed by atoms with Gasteiger partial charge in [-0.3, -0.25) is 4.79 Å². The van der Waals surface area contributed by atoms with Gasteiger partial charge in [0.15, 0.2) is 5.78 Å². The summed E-state index contributed by atoms with van der Waals surface area (Å²) in [7, 11) is 0. The minimum Gasteiger partial charge on any atom is -0.294 e. The summed E-state index contributed by atoms with van der Waals surface area (Å²) in [5.41, 5.74) is 2.70. The lowest BCUT2D eigenvalue weighted by atomic mass is 9.99. The monoisotopic (exact) mass is 332 g/mol. The van der Waals surface area contributed by atoms with Crippen molar-refractivity contribution < 1.29 is 4.79 Å². The van der Waals surface area contributed by atoms with Crippen LogP contribution in [0, 0.1) is 0 Å². The Morgan fingerprint density at radius 2 is 1.95 bits per heavy atom. The molecule has 0 saturated heterocycles. The molecule has 0 atom stereocenters. The fraction of sp³-hybridized carbons (Fsp3) is 0.125. The predicted molar refractivity (Wildman–Crippen MR) is 86.0 cm³/mol. The van der Waals surface area contributed by atoms with Crippen molar-refractivity contribution in [2.45, 2.75) is 12.8 Å². The Morgan fingerprint density at radius 3 is 2.68 bits per heavy atom. The largest absolute Gasteiger partial charge is 0.294 e. The average Bonchev–Trinajstić information content (AvgIpc) is 2.45. The predicted octanol–water partition coefficient (Wildman–Crippen LogP) is 4.61. The molecule has 0 aromatic heterocycles. The molecule has 0 N–H and O–H groups in total. The van der Waals surface area contributed by atoms with Crippen molar-refractivity contribution in [3.05, 3.63) is 69.7 Å². The number of carbonyl (C=O) groups excluding carboxylic acids is 1. The normalized spacial score (nSPS) is 10.2. The summed E-state index contributed by atoms with van der Waals surface area (Å²) in [5, 5.41) is 1.56. The quantitative estimate of drug-likeness (QED) is 0.587. The number of hydrogen-bond acceptors (Lipinski definition) is 2. The van der Waals surface area contributed by atoms with E-state index >= 15 is 0 Å². The minimum absolute atomic E-state index is 0.136. The number of Topliss-reactive ketones (excluding diaryl/α,β-unsaturated/α-hetero) is 1. The van der Waals surface area contributed by atoms with Crippen molar-refractivity contribution in [1.29, 1.82) is 0 Å². The highest BCUT2D eigenvalue weighted by Gasteiger charge is 2.09. The van der Waals surface area contributed by atoms with Gasteiger partial charge in [0.2, 0.25) is 0 Å². The van der Waals surface area contributed by atoms with Crippen LogP contribution in [0.3, 0.4) is 0 Å². The van der Waals surface area contributed by atoms with Gasteiger partial charge in [-0.1, -0.05) is 64.5 Å². The first-order valence-electron chi connectivity index (χ1n) is 6.02. The van der Waals surface area contributed by atoms with E-state index in [2.05, 4.69) is 15.9 Å². The highest BCUT2D eigenvalue weighted by molar-refractivity contribution is 9.10. The van der Waals surface area contributed by atoms with Crippen LogP contribution in [0.4, 0.5) is 0 Å². The van der Waals surface area contributed by atoms with Gasteiger partial charge in [-0.05, 0) is 29.7 Å². The smallest absolute Gasteiger partial charge is 0.163 e. The molecule has 3 heteroatoms. The summed E-state index contributed by atoms with van der Waals surface area (Å²) < 4.78 is 1.04. The second-order valence-electron chi connectivity index (χ2n) is 4.26. The van der Waals surface area contributed by atoms with Crippen molar-refractivity contribution in [1.82, 2.24) is 0 Å². The van der Waals surface area contributed by atoms with Crippen LogP contribution < -0.4 is 0 Å². The van der Waals surface area contributed by atoms with Crippen LogP contribution >= 0.6 is 28.1 Å². The third-order valence-corrected chi connectivity index (χ3v) is 3.67. The summed E-state index contributed by atoms with van der Waals surface area (Å²) in [6.45, 7) is 0. The van der Waals surface area contributed by atoms with E-state index in [4.69, 9.17) is 12.2 Å². The van der Waals surface area contributed by atoms with E-state index in [0.717, 1.165) is 22.0 Å². The van der Waals surface area contributed by atoms with E-state index in [1.165, 1.54) is 0 Å². The summed E-state index contributed by atoms with van der Waals surface area (Å²) in [6.07, 6.45) is 1.24. The SMILES string of the molecule is O=C(CCc1cccc(Br)c1)c1ccccc1C=S. The van der Waals surface area contributed by atoms with Crippen LogP contribution in [0.15, 0.2) is 53.0 Å². The number of benzene rings is 2. The Balaban J connectivity index is 2.07. The molecule has 0 aliphatic rings. The molecule has 19 heavy (non-hydrogen) atoms. The molecule has 0 bridgehead atoms. The van der Waals surface area contributed by atoms with E-state index in [0.29, 0.717) is 12.0 Å². The van der Waals surface area contributed by atoms with E-state index in [1.807, 2.05) is 48.5 Å². The average molecular weight is 333 g/mol. The van der Waals surface area contributed by atoms with E-state index in [-0.39, 0.29) is 5.78 Å². The van der Waals surface area contributed by atoms with Gasteiger partial charge >= 0.3 is 0 Å². The van der Waals surface area contributed by atoms with Gasteiger partial charge in [-0.2, -0.15) is 0 Å². The molecule has 0 unspecified atom stereocenters. The number of halogens is 1. The second kappa shape index (κ2) is 6.73. The maximum absolute atomic E-state index is 12.2. The van der Waals surface area contributed by atoms with Crippen molar-refractivity contribution in [2.24, 2.45) is 0 Å². The summed E-state index contributed by atoms with van der Waals surface area (Å²) >= 11 is 8.37. The highest BCUT2D eigenvalue weighted by Crippen LogP contribution is 2.15. The Hall–Kier alpha value is -1.32. The minimum atomic E-state index is 0.136. The van der Waals surface area contributed by atoms with Gasteiger partial charge in [-0.15, -0.1) is 0 Å². The number of thiocarbonyl (C=S) groups is 1. The van der Waals surface area contributed by atoms with Gasteiger partial charge in [0, 0.05) is 21.8 Å². The van der Waals surface area contributed by atoms with E-state index in [9.17, 15) is 4.79 Å². The topological polar surface area (TPSA) is 17.1 Å². The van der Waals surface area contributed by atoms with Crippen molar-refractivity contribution in [3.8, 4) is 0 Å². The van der Waals surface area contributed by atoms with Crippen molar-refractivity contribution >= 4 is 39.3 Å². The molecule has 96 valence electrons. The second-order valence-corrected chi connectivity index (χ2v) is 5.41. The lowest BCUT2D eigenvalue weighted by Crippen LogP contribution is -2.04. The molecule has 0 spiro atoms. The van der Waals surface area contributed by atoms with Gasteiger partial charge in [0.1, 0.15) is 0 Å². The van der Waals surface area contributed by atoms with Crippen LogP contribution in [0.2, 0.25) is 0 Å². The van der Waals surface area contributed by atoms with Gasteiger partial charge < -0.3 is 0 Å². The summed E-state index contributed by atoms with van der Waals surface area (Å²) in [4.78, 5) is 12.2. The third-order valence-electron chi connectivity index (χ3n) is 2.92. The number of ketones is 1.